The van der Waals surface area contributed by atoms with E-state index < -0.39 is 21.8 Å². The second-order valence-corrected chi connectivity index (χ2v) is 5.32. The van der Waals surface area contributed by atoms with Crippen LogP contribution < -0.4 is 4.72 Å². The maximum Gasteiger partial charge on any atom is 0.416 e. The molecule has 1 aromatic carbocycles. The summed E-state index contributed by atoms with van der Waals surface area (Å²) in [5.41, 5.74) is -0.231. The average Bonchev–Trinajstić information content (AvgIpc) is 2.41. The quantitative estimate of drug-likeness (QED) is 0.705. The Morgan fingerprint density at radius 1 is 1.36 bits per heavy atom. The van der Waals surface area contributed by atoms with Crippen LogP contribution in [0.1, 0.15) is 5.56 Å². The van der Waals surface area contributed by atoms with Crippen molar-refractivity contribution in [3.05, 3.63) is 23.8 Å². The molecule has 2 nitrogen and oxygen atoms in total. The van der Waals surface area contributed by atoms with Crippen molar-refractivity contribution in [2.24, 2.45) is 0 Å². The van der Waals surface area contributed by atoms with Crippen molar-refractivity contribution in [3.63, 3.8) is 0 Å². The molecule has 0 amide bonds. The predicted octanol–water partition coefficient (Wildman–Crippen LogP) is 2.80. The van der Waals surface area contributed by atoms with E-state index in [1.165, 1.54) is 6.07 Å². The van der Waals surface area contributed by atoms with E-state index in [9.17, 15) is 17.4 Å². The second-order valence-electron chi connectivity index (χ2n) is 2.63. The third-order valence-corrected chi connectivity index (χ3v) is 3.97. The van der Waals surface area contributed by atoms with E-state index in [2.05, 4.69) is 4.72 Å². The Kier molecular flexibility index (Phi) is 2.23. The Morgan fingerprint density at radius 2 is 2.07 bits per heavy atom. The van der Waals surface area contributed by atoms with E-state index in [1.807, 2.05) is 0 Å². The van der Waals surface area contributed by atoms with Gasteiger partial charge in [0.1, 0.15) is 0 Å². The van der Waals surface area contributed by atoms with Crippen molar-refractivity contribution in [1.82, 2.24) is 0 Å². The van der Waals surface area contributed by atoms with Crippen molar-refractivity contribution < 1.29 is 17.4 Å². The minimum absolute atomic E-state index is 0.373. The molecule has 2 rings (SSSR count). The van der Waals surface area contributed by atoms with Gasteiger partial charge in [-0.05, 0) is 29.0 Å². The van der Waals surface area contributed by atoms with Crippen LogP contribution in [0, 0.1) is 0 Å². The second kappa shape index (κ2) is 3.16. The molecule has 0 aliphatic carbocycles. The molecule has 0 aromatic heterocycles. The van der Waals surface area contributed by atoms with E-state index in [-0.39, 0.29) is 0 Å². The number of rotatable bonds is 0. The van der Waals surface area contributed by atoms with Crippen molar-refractivity contribution in [2.45, 2.75) is 11.1 Å². The number of halogens is 3. The fraction of sp³-hybridized carbons (Fsp3) is 0.143. The van der Waals surface area contributed by atoms with E-state index in [0.29, 0.717) is 10.6 Å². The monoisotopic (exact) mass is 239 g/mol. The zero-order chi connectivity index (χ0) is 10.3. The molecule has 76 valence electrons. The molecule has 7 heteroatoms. The van der Waals surface area contributed by atoms with Crippen molar-refractivity contribution in [1.29, 1.82) is 0 Å². The molecule has 0 saturated heterocycles. The third kappa shape index (κ3) is 1.74. The number of nitrogens with one attached hydrogen (secondary N) is 1. The normalized spacial score (nSPS) is 20.4. The highest BCUT2D eigenvalue weighted by Gasteiger charge is 2.32. The van der Waals surface area contributed by atoms with Gasteiger partial charge in [-0.25, -0.2) is 4.21 Å². The molecule has 1 atom stereocenters. The molecule has 1 aliphatic rings. The van der Waals surface area contributed by atoms with Gasteiger partial charge in [-0.3, -0.25) is 4.72 Å². The molecule has 0 radical (unpaired) electrons. The van der Waals surface area contributed by atoms with E-state index in [1.54, 1.807) is 0 Å². The molecule has 0 fully saturated rings. The summed E-state index contributed by atoms with van der Waals surface area (Å²) in [5.74, 6) is 0. The zero-order valence-corrected chi connectivity index (χ0v) is 8.22. The molecule has 0 bridgehead atoms. The van der Waals surface area contributed by atoms with Crippen molar-refractivity contribution >= 4 is 26.5 Å². The first-order valence-corrected chi connectivity index (χ1v) is 6.03. The van der Waals surface area contributed by atoms with Crippen LogP contribution in [0.25, 0.3) is 0 Å². The number of benzene rings is 1. The Bertz CT molecular complexity index is 404. The molecule has 1 heterocycles. The summed E-state index contributed by atoms with van der Waals surface area (Å²) in [6, 6.07) is 3.25. The molecule has 0 spiro atoms. The van der Waals surface area contributed by atoms with Gasteiger partial charge in [0, 0.05) is 4.90 Å². The minimum Gasteiger partial charge on any atom is -0.295 e. The lowest BCUT2D eigenvalue weighted by Crippen LogP contribution is -2.04. The van der Waals surface area contributed by atoms with E-state index >= 15 is 0 Å². The lowest BCUT2D eigenvalue weighted by Gasteiger charge is -2.06. The van der Waals surface area contributed by atoms with Crippen molar-refractivity contribution in [3.8, 4) is 0 Å². The summed E-state index contributed by atoms with van der Waals surface area (Å²) >= 11 is 0. The molecule has 1 unspecified atom stereocenters. The van der Waals surface area contributed by atoms with Gasteiger partial charge >= 0.3 is 6.18 Å². The largest absolute Gasteiger partial charge is 0.416 e. The molecular weight excluding hydrogens is 235 g/mol. The van der Waals surface area contributed by atoms with Gasteiger partial charge in [0.15, 0.2) is 10.0 Å². The standard InChI is InChI=1S/C7H4F3NOS2/c8-7(9,10)4-1-2-5-6(3-4)13-14(12)11-5/h1-3,11H. The highest BCUT2D eigenvalue weighted by Crippen LogP contribution is 2.41. The first-order chi connectivity index (χ1) is 6.47. The lowest BCUT2D eigenvalue weighted by atomic mass is 10.2. The maximum atomic E-state index is 12.2. The molecule has 1 N–H and O–H groups in total. The molecular formula is C7H4F3NOS2. The fourth-order valence-corrected chi connectivity index (χ4v) is 3.35. The fourth-order valence-electron chi connectivity index (χ4n) is 1.04. The Morgan fingerprint density at radius 3 is 2.71 bits per heavy atom. The van der Waals surface area contributed by atoms with E-state index in [0.717, 1.165) is 22.9 Å². The van der Waals surface area contributed by atoms with Gasteiger partial charge in [0.05, 0.1) is 11.3 Å². The Balaban J connectivity index is 2.43. The average molecular weight is 239 g/mol. The van der Waals surface area contributed by atoms with Crippen LogP contribution in [-0.4, -0.2) is 4.21 Å². The first kappa shape index (κ1) is 9.85. The van der Waals surface area contributed by atoms with Gasteiger partial charge in [0.2, 0.25) is 0 Å². The first-order valence-electron chi connectivity index (χ1n) is 3.55. The number of hydrogen-bond acceptors (Lipinski definition) is 2. The molecule has 14 heavy (non-hydrogen) atoms. The smallest absolute Gasteiger partial charge is 0.295 e. The summed E-state index contributed by atoms with van der Waals surface area (Å²) in [7, 11) is -0.473. The summed E-state index contributed by atoms with van der Waals surface area (Å²) in [5, 5.41) is 0. The highest BCUT2D eigenvalue weighted by atomic mass is 33.1. The highest BCUT2D eigenvalue weighted by molar-refractivity contribution is 8.70. The van der Waals surface area contributed by atoms with Gasteiger partial charge in [-0.1, -0.05) is 0 Å². The van der Waals surface area contributed by atoms with Crippen LogP contribution >= 0.6 is 10.8 Å². The SMILES string of the molecule is O=S1Nc2ccc(C(F)(F)F)cc2S1. The van der Waals surface area contributed by atoms with Gasteiger partial charge in [-0.2, -0.15) is 13.2 Å². The summed E-state index contributed by atoms with van der Waals surface area (Å²) in [6.07, 6.45) is -4.35. The van der Waals surface area contributed by atoms with Gasteiger partial charge in [0.25, 0.3) is 0 Å². The molecule has 0 saturated carbocycles. The number of hydrogen-bond donors (Lipinski definition) is 1. The summed E-state index contributed by atoms with van der Waals surface area (Å²) in [6.45, 7) is 0. The minimum atomic E-state index is -4.35. The van der Waals surface area contributed by atoms with Crippen LogP contribution in [0.5, 0.6) is 0 Å². The van der Waals surface area contributed by atoms with Gasteiger partial charge in [-0.15, -0.1) is 0 Å². The number of anilines is 1. The third-order valence-electron chi connectivity index (χ3n) is 1.67. The molecule has 1 aromatic rings. The maximum absolute atomic E-state index is 12.2. The van der Waals surface area contributed by atoms with Crippen molar-refractivity contribution in [2.75, 3.05) is 4.72 Å². The zero-order valence-electron chi connectivity index (χ0n) is 6.59. The predicted molar refractivity (Wildman–Crippen MR) is 49.1 cm³/mol. The van der Waals surface area contributed by atoms with E-state index in [4.69, 9.17) is 0 Å². The topological polar surface area (TPSA) is 29.1 Å². The van der Waals surface area contributed by atoms with Crippen LogP contribution in [0.2, 0.25) is 0 Å². The lowest BCUT2D eigenvalue weighted by molar-refractivity contribution is -0.137. The van der Waals surface area contributed by atoms with Crippen LogP contribution in [0.15, 0.2) is 23.1 Å². The number of alkyl halides is 3. The summed E-state index contributed by atoms with van der Waals surface area (Å²) < 4.78 is 50.2. The van der Waals surface area contributed by atoms with Crippen LogP contribution in [-0.2, 0) is 16.2 Å². The van der Waals surface area contributed by atoms with Crippen LogP contribution in [0.3, 0.4) is 0 Å². The van der Waals surface area contributed by atoms with Gasteiger partial charge < -0.3 is 0 Å². The number of fused-ring (bicyclic) bond motifs is 1. The van der Waals surface area contributed by atoms with Crippen LogP contribution in [0.4, 0.5) is 18.9 Å². The Labute approximate surface area is 83.9 Å². The Hall–Kier alpha value is -0.690. The molecule has 1 aliphatic heterocycles. The summed E-state index contributed by atoms with van der Waals surface area (Å²) in [4.78, 5) is 0.373.